The highest BCUT2D eigenvalue weighted by atomic mass is 32.2. The van der Waals surface area contributed by atoms with Crippen LogP contribution in [0, 0.1) is 0 Å². The molecule has 2 aliphatic rings. The third kappa shape index (κ3) is 4.65. The molecule has 1 aromatic heterocycles. The molecule has 0 spiro atoms. The van der Waals surface area contributed by atoms with Gasteiger partial charge >= 0.3 is 0 Å². The molecule has 0 saturated carbocycles. The fraction of sp³-hybridized carbons (Fsp3) is 0.429. The van der Waals surface area contributed by atoms with E-state index in [0.29, 0.717) is 18.1 Å². The maximum atomic E-state index is 12.5. The van der Waals surface area contributed by atoms with Gasteiger partial charge in [0, 0.05) is 19.3 Å². The summed E-state index contributed by atoms with van der Waals surface area (Å²) < 4.78 is 26.6. The summed E-state index contributed by atoms with van der Waals surface area (Å²) in [6.07, 6.45) is 6.29. The number of fused-ring (bicyclic) bond motifs is 1. The predicted molar refractivity (Wildman–Crippen MR) is 113 cm³/mol. The summed E-state index contributed by atoms with van der Waals surface area (Å²) in [5.74, 6) is 0.219. The van der Waals surface area contributed by atoms with Crippen LogP contribution in [0.1, 0.15) is 42.9 Å². The number of carbonyl (C=O) groups is 1. The van der Waals surface area contributed by atoms with Crippen molar-refractivity contribution >= 4 is 27.7 Å². The molecular weight excluding hydrogens is 406 g/mol. The molecule has 29 heavy (non-hydrogen) atoms. The second-order valence-corrected chi connectivity index (χ2v) is 10.4. The van der Waals surface area contributed by atoms with Crippen LogP contribution in [0.4, 0.5) is 0 Å². The highest BCUT2D eigenvalue weighted by Crippen LogP contribution is 2.29. The number of carbonyl (C=O) groups excluding carboxylic acids is 1. The van der Waals surface area contributed by atoms with Crippen LogP contribution in [-0.2, 0) is 21.2 Å². The number of aromatic nitrogens is 1. The van der Waals surface area contributed by atoms with Crippen molar-refractivity contribution < 1.29 is 13.2 Å². The average Bonchev–Trinajstić information content (AvgIpc) is 3.29. The molecule has 8 heteroatoms. The van der Waals surface area contributed by atoms with Gasteiger partial charge in [-0.1, -0.05) is 36.0 Å². The quantitative estimate of drug-likeness (QED) is 0.711. The Kier molecular flexibility index (Phi) is 6.22. The molecule has 6 nitrogen and oxygen atoms in total. The fourth-order valence-electron chi connectivity index (χ4n) is 3.96. The summed E-state index contributed by atoms with van der Waals surface area (Å²) in [6.45, 7) is 1.15. The first-order valence-corrected chi connectivity index (χ1v) is 12.4. The zero-order chi connectivity index (χ0) is 20.3. The summed E-state index contributed by atoms with van der Waals surface area (Å²) >= 11 is 1.32. The van der Waals surface area contributed by atoms with Crippen molar-refractivity contribution in [2.45, 2.75) is 48.1 Å². The van der Waals surface area contributed by atoms with Gasteiger partial charge in [-0.05, 0) is 55.4 Å². The van der Waals surface area contributed by atoms with Crippen molar-refractivity contribution in [3.8, 4) is 0 Å². The Bertz CT molecular complexity index is 971. The molecule has 2 heterocycles. The third-order valence-electron chi connectivity index (χ3n) is 5.47. The first kappa shape index (κ1) is 20.4. The lowest BCUT2D eigenvalue weighted by atomic mass is 9.88. The molecule has 1 fully saturated rings. The number of amides is 1. The SMILES string of the molecule is O=C(CSc1ccc(S(=O)(=O)N2CCCC2)cn1)NC1CCCc2ccccc21. The van der Waals surface area contributed by atoms with Crippen LogP contribution >= 0.6 is 11.8 Å². The molecule has 1 unspecified atom stereocenters. The number of sulfonamides is 1. The van der Waals surface area contributed by atoms with Crippen molar-refractivity contribution in [2.24, 2.45) is 0 Å². The van der Waals surface area contributed by atoms with Crippen LogP contribution in [0.15, 0.2) is 52.5 Å². The van der Waals surface area contributed by atoms with E-state index >= 15 is 0 Å². The molecule has 1 saturated heterocycles. The minimum absolute atomic E-state index is 0.0349. The minimum atomic E-state index is -3.45. The predicted octanol–water partition coefficient (Wildman–Crippen LogP) is 3.15. The molecule has 1 atom stereocenters. The van der Waals surface area contributed by atoms with E-state index in [9.17, 15) is 13.2 Å². The van der Waals surface area contributed by atoms with Crippen molar-refractivity contribution in [1.29, 1.82) is 0 Å². The van der Waals surface area contributed by atoms with Gasteiger partial charge in [-0.25, -0.2) is 13.4 Å². The Morgan fingerprint density at radius 2 is 1.93 bits per heavy atom. The number of hydrogen-bond donors (Lipinski definition) is 1. The molecule has 1 aliphatic heterocycles. The van der Waals surface area contributed by atoms with Gasteiger partial charge in [-0.15, -0.1) is 0 Å². The van der Waals surface area contributed by atoms with Gasteiger partial charge in [0.05, 0.1) is 16.8 Å². The summed E-state index contributed by atoms with van der Waals surface area (Å²) in [5.41, 5.74) is 2.53. The van der Waals surface area contributed by atoms with Crippen LogP contribution in [-0.4, -0.2) is 42.5 Å². The van der Waals surface area contributed by atoms with Gasteiger partial charge in [-0.2, -0.15) is 4.31 Å². The van der Waals surface area contributed by atoms with E-state index in [1.165, 1.54) is 33.4 Å². The summed E-state index contributed by atoms with van der Waals surface area (Å²) in [4.78, 5) is 16.9. The second kappa shape index (κ2) is 8.85. The maximum Gasteiger partial charge on any atom is 0.244 e. The Morgan fingerprint density at radius 3 is 2.69 bits per heavy atom. The van der Waals surface area contributed by atoms with Crippen LogP contribution in [0.5, 0.6) is 0 Å². The molecule has 1 aliphatic carbocycles. The first-order valence-electron chi connectivity index (χ1n) is 10.0. The zero-order valence-corrected chi connectivity index (χ0v) is 17.8. The number of benzene rings is 1. The van der Waals surface area contributed by atoms with Crippen molar-refractivity contribution in [3.05, 3.63) is 53.7 Å². The monoisotopic (exact) mass is 431 g/mol. The molecule has 2 aromatic rings. The van der Waals surface area contributed by atoms with E-state index < -0.39 is 10.0 Å². The number of aryl methyl sites for hydroxylation is 1. The number of pyridine rings is 1. The van der Waals surface area contributed by atoms with Gasteiger partial charge in [0.25, 0.3) is 0 Å². The van der Waals surface area contributed by atoms with E-state index in [-0.39, 0.29) is 22.6 Å². The Labute approximate surface area is 176 Å². The lowest BCUT2D eigenvalue weighted by Crippen LogP contribution is -2.32. The van der Waals surface area contributed by atoms with Crippen molar-refractivity contribution in [2.75, 3.05) is 18.8 Å². The second-order valence-electron chi connectivity index (χ2n) is 7.44. The molecular formula is C21H25N3O3S2. The van der Waals surface area contributed by atoms with E-state index in [1.54, 1.807) is 12.1 Å². The standard InChI is InChI=1S/C21H25N3O3S2/c25-20(23-19-9-5-7-16-6-1-2-8-18(16)19)15-28-21-11-10-17(14-22-21)29(26,27)24-12-3-4-13-24/h1-2,6,8,10-11,14,19H,3-5,7,9,12-13,15H2,(H,23,25). The third-order valence-corrected chi connectivity index (χ3v) is 8.29. The molecule has 0 bridgehead atoms. The van der Waals surface area contributed by atoms with Crippen LogP contribution in [0.25, 0.3) is 0 Å². The normalized spacial score (nSPS) is 19.7. The molecule has 4 rings (SSSR count). The Balaban J connectivity index is 1.33. The summed E-state index contributed by atoms with van der Waals surface area (Å²) in [6, 6.07) is 11.6. The molecule has 1 amide bonds. The van der Waals surface area contributed by atoms with E-state index in [2.05, 4.69) is 22.4 Å². The van der Waals surface area contributed by atoms with Crippen LogP contribution < -0.4 is 5.32 Å². The lowest BCUT2D eigenvalue weighted by molar-refractivity contribution is -0.119. The van der Waals surface area contributed by atoms with E-state index in [1.807, 2.05) is 12.1 Å². The van der Waals surface area contributed by atoms with Gasteiger partial charge in [0.15, 0.2) is 0 Å². The number of nitrogens with one attached hydrogen (secondary N) is 1. The van der Waals surface area contributed by atoms with Gasteiger partial charge < -0.3 is 5.32 Å². The summed E-state index contributed by atoms with van der Waals surface area (Å²) in [5, 5.41) is 3.77. The molecule has 1 N–H and O–H groups in total. The smallest absolute Gasteiger partial charge is 0.244 e. The van der Waals surface area contributed by atoms with Crippen LogP contribution in [0.2, 0.25) is 0 Å². The lowest BCUT2D eigenvalue weighted by Gasteiger charge is -2.26. The molecule has 154 valence electrons. The first-order chi connectivity index (χ1) is 14.0. The molecule has 1 aromatic carbocycles. The summed E-state index contributed by atoms with van der Waals surface area (Å²) in [7, 11) is -3.45. The number of hydrogen-bond acceptors (Lipinski definition) is 5. The minimum Gasteiger partial charge on any atom is -0.349 e. The van der Waals surface area contributed by atoms with Crippen molar-refractivity contribution in [3.63, 3.8) is 0 Å². The fourth-order valence-corrected chi connectivity index (χ4v) is 6.08. The van der Waals surface area contributed by atoms with Gasteiger partial charge in [-0.3, -0.25) is 4.79 Å². The molecule has 0 radical (unpaired) electrons. The largest absolute Gasteiger partial charge is 0.349 e. The zero-order valence-electron chi connectivity index (χ0n) is 16.2. The van der Waals surface area contributed by atoms with E-state index in [0.717, 1.165) is 32.1 Å². The Hall–Kier alpha value is -1.90. The number of thioether (sulfide) groups is 1. The Morgan fingerprint density at radius 1 is 1.14 bits per heavy atom. The van der Waals surface area contributed by atoms with Gasteiger partial charge in [0.2, 0.25) is 15.9 Å². The average molecular weight is 432 g/mol. The topological polar surface area (TPSA) is 79.4 Å². The highest BCUT2D eigenvalue weighted by molar-refractivity contribution is 7.99. The number of rotatable bonds is 6. The maximum absolute atomic E-state index is 12.5. The number of nitrogens with zero attached hydrogens (tertiary/aromatic N) is 2. The van der Waals surface area contributed by atoms with Gasteiger partial charge in [0.1, 0.15) is 4.90 Å². The highest BCUT2D eigenvalue weighted by Gasteiger charge is 2.27. The van der Waals surface area contributed by atoms with Crippen molar-refractivity contribution in [1.82, 2.24) is 14.6 Å². The van der Waals surface area contributed by atoms with Crippen LogP contribution in [0.3, 0.4) is 0 Å². The van der Waals surface area contributed by atoms with E-state index in [4.69, 9.17) is 0 Å².